The second kappa shape index (κ2) is 6.16. The lowest BCUT2D eigenvalue weighted by Gasteiger charge is -2.11. The molecule has 20 heavy (non-hydrogen) atoms. The van der Waals surface area contributed by atoms with E-state index in [0.717, 1.165) is 30.9 Å². The van der Waals surface area contributed by atoms with Crippen LogP contribution in [0.4, 0.5) is 13.2 Å². The van der Waals surface area contributed by atoms with Gasteiger partial charge in [-0.3, -0.25) is 4.79 Å². The van der Waals surface area contributed by atoms with Crippen LogP contribution in [0, 0.1) is 5.92 Å². The van der Waals surface area contributed by atoms with Crippen molar-refractivity contribution in [2.45, 2.75) is 31.9 Å². The summed E-state index contributed by atoms with van der Waals surface area (Å²) < 4.78 is 38.2. The molecule has 0 spiro atoms. The molecule has 1 aliphatic carbocycles. The van der Waals surface area contributed by atoms with Crippen LogP contribution in [0.5, 0.6) is 0 Å². The Morgan fingerprint density at radius 1 is 1.35 bits per heavy atom. The Morgan fingerprint density at radius 3 is 2.65 bits per heavy atom. The Bertz CT molecular complexity index is 498. The van der Waals surface area contributed by atoms with Gasteiger partial charge >= 0.3 is 6.18 Å². The van der Waals surface area contributed by atoms with Gasteiger partial charge in [0.1, 0.15) is 0 Å². The quantitative estimate of drug-likeness (QED) is 0.785. The molecule has 1 aromatic carbocycles. The molecule has 1 aliphatic rings. The van der Waals surface area contributed by atoms with Gasteiger partial charge in [0.2, 0.25) is 0 Å². The molecular formula is C14H15BrF3NO. The van der Waals surface area contributed by atoms with Gasteiger partial charge in [0.15, 0.2) is 0 Å². The summed E-state index contributed by atoms with van der Waals surface area (Å²) in [6.07, 6.45) is 0.0129. The Balaban J connectivity index is 1.96. The number of hydrogen-bond donors (Lipinski definition) is 1. The van der Waals surface area contributed by atoms with Crippen LogP contribution >= 0.6 is 15.9 Å². The summed E-state index contributed by atoms with van der Waals surface area (Å²) >= 11 is 3.11. The molecule has 0 aromatic heterocycles. The SMILES string of the molecule is O=C(NCCCC1CC1)c1cc(C(F)(F)F)ccc1Br. The number of benzene rings is 1. The Hall–Kier alpha value is -1.04. The number of carbonyl (C=O) groups excluding carboxylic acids is 1. The first-order valence-electron chi connectivity index (χ1n) is 6.53. The van der Waals surface area contributed by atoms with Crippen molar-refractivity contribution in [1.82, 2.24) is 5.32 Å². The maximum absolute atomic E-state index is 12.6. The Kier molecular flexibility index (Phi) is 4.73. The molecule has 1 aromatic rings. The fourth-order valence-electron chi connectivity index (χ4n) is 1.97. The highest BCUT2D eigenvalue weighted by atomic mass is 79.9. The fraction of sp³-hybridized carbons (Fsp3) is 0.500. The Morgan fingerprint density at radius 2 is 2.05 bits per heavy atom. The number of alkyl halides is 3. The van der Waals surface area contributed by atoms with Crippen LogP contribution < -0.4 is 5.32 Å². The van der Waals surface area contributed by atoms with E-state index in [2.05, 4.69) is 21.2 Å². The molecule has 2 rings (SSSR count). The molecule has 0 unspecified atom stereocenters. The Labute approximate surface area is 123 Å². The first-order chi connectivity index (χ1) is 9.38. The van der Waals surface area contributed by atoms with Crippen molar-refractivity contribution < 1.29 is 18.0 Å². The summed E-state index contributed by atoms with van der Waals surface area (Å²) in [5, 5.41) is 2.67. The van der Waals surface area contributed by atoms with E-state index >= 15 is 0 Å². The van der Waals surface area contributed by atoms with E-state index in [0.29, 0.717) is 11.0 Å². The summed E-state index contributed by atoms with van der Waals surface area (Å²) in [6.45, 7) is 0.498. The normalized spacial score (nSPS) is 15.2. The lowest BCUT2D eigenvalue weighted by molar-refractivity contribution is -0.137. The topological polar surface area (TPSA) is 29.1 Å². The third kappa shape index (κ3) is 4.23. The lowest BCUT2D eigenvalue weighted by Crippen LogP contribution is -2.25. The van der Waals surface area contributed by atoms with E-state index in [1.807, 2.05) is 0 Å². The monoisotopic (exact) mass is 349 g/mol. The van der Waals surface area contributed by atoms with Gasteiger partial charge in [0.05, 0.1) is 11.1 Å². The van der Waals surface area contributed by atoms with E-state index in [1.54, 1.807) is 0 Å². The molecule has 0 heterocycles. The molecule has 0 radical (unpaired) electrons. The summed E-state index contributed by atoms with van der Waals surface area (Å²) in [5.41, 5.74) is -0.796. The first-order valence-corrected chi connectivity index (χ1v) is 7.32. The van der Waals surface area contributed by atoms with Crippen molar-refractivity contribution in [1.29, 1.82) is 0 Å². The summed E-state index contributed by atoms with van der Waals surface area (Å²) in [4.78, 5) is 11.9. The average molecular weight is 350 g/mol. The van der Waals surface area contributed by atoms with Crippen LogP contribution in [-0.2, 0) is 6.18 Å². The molecule has 6 heteroatoms. The van der Waals surface area contributed by atoms with Crippen molar-refractivity contribution in [3.8, 4) is 0 Å². The highest BCUT2D eigenvalue weighted by Gasteiger charge is 2.31. The molecule has 110 valence electrons. The van der Waals surface area contributed by atoms with Crippen molar-refractivity contribution in [3.05, 3.63) is 33.8 Å². The van der Waals surface area contributed by atoms with Crippen LogP contribution in [0.2, 0.25) is 0 Å². The number of amides is 1. The van der Waals surface area contributed by atoms with E-state index in [1.165, 1.54) is 18.9 Å². The molecule has 0 atom stereocenters. The standard InChI is InChI=1S/C14H15BrF3NO/c15-12-6-5-10(14(16,17)18)8-11(12)13(20)19-7-1-2-9-3-4-9/h5-6,8-9H,1-4,7H2,(H,19,20). The van der Waals surface area contributed by atoms with Gasteiger partial charge in [-0.15, -0.1) is 0 Å². The second-order valence-electron chi connectivity index (χ2n) is 5.03. The van der Waals surface area contributed by atoms with Gasteiger partial charge < -0.3 is 5.32 Å². The highest BCUT2D eigenvalue weighted by Crippen LogP contribution is 2.33. The van der Waals surface area contributed by atoms with Gasteiger partial charge in [0, 0.05) is 11.0 Å². The van der Waals surface area contributed by atoms with Crippen molar-refractivity contribution >= 4 is 21.8 Å². The minimum Gasteiger partial charge on any atom is -0.352 e. The number of rotatable bonds is 5. The maximum atomic E-state index is 12.6. The molecule has 0 saturated heterocycles. The maximum Gasteiger partial charge on any atom is 0.416 e. The number of carbonyl (C=O) groups is 1. The summed E-state index contributed by atoms with van der Waals surface area (Å²) in [6, 6.07) is 3.08. The van der Waals surface area contributed by atoms with E-state index in [-0.39, 0.29) is 5.56 Å². The lowest BCUT2D eigenvalue weighted by atomic mass is 10.1. The molecule has 1 fully saturated rings. The van der Waals surface area contributed by atoms with Crippen LogP contribution in [0.1, 0.15) is 41.6 Å². The van der Waals surface area contributed by atoms with Crippen molar-refractivity contribution in [2.75, 3.05) is 6.54 Å². The molecule has 1 saturated carbocycles. The van der Waals surface area contributed by atoms with Gasteiger partial charge in [0.25, 0.3) is 5.91 Å². The first kappa shape index (κ1) is 15.4. The van der Waals surface area contributed by atoms with E-state index < -0.39 is 17.6 Å². The van der Waals surface area contributed by atoms with Crippen LogP contribution in [0.15, 0.2) is 22.7 Å². The largest absolute Gasteiger partial charge is 0.416 e. The van der Waals surface area contributed by atoms with Gasteiger partial charge in [-0.05, 0) is 52.9 Å². The second-order valence-corrected chi connectivity index (χ2v) is 5.89. The molecule has 2 nitrogen and oxygen atoms in total. The molecule has 0 bridgehead atoms. The zero-order valence-electron chi connectivity index (χ0n) is 10.8. The zero-order chi connectivity index (χ0) is 14.8. The average Bonchev–Trinajstić information content (AvgIpc) is 3.17. The van der Waals surface area contributed by atoms with Crippen LogP contribution in [-0.4, -0.2) is 12.5 Å². The summed E-state index contributed by atoms with van der Waals surface area (Å²) in [7, 11) is 0. The van der Waals surface area contributed by atoms with Gasteiger partial charge in [-0.1, -0.05) is 12.8 Å². The molecular weight excluding hydrogens is 335 g/mol. The molecule has 1 N–H and O–H groups in total. The van der Waals surface area contributed by atoms with Crippen molar-refractivity contribution in [2.24, 2.45) is 5.92 Å². The minimum atomic E-state index is -4.44. The third-order valence-electron chi connectivity index (χ3n) is 3.31. The molecule has 0 aliphatic heterocycles. The number of nitrogens with one attached hydrogen (secondary N) is 1. The number of hydrogen-bond acceptors (Lipinski definition) is 1. The zero-order valence-corrected chi connectivity index (χ0v) is 12.4. The third-order valence-corrected chi connectivity index (χ3v) is 4.00. The van der Waals surface area contributed by atoms with Crippen LogP contribution in [0.25, 0.3) is 0 Å². The van der Waals surface area contributed by atoms with Gasteiger partial charge in [-0.2, -0.15) is 13.2 Å². The van der Waals surface area contributed by atoms with Crippen LogP contribution in [0.3, 0.4) is 0 Å². The number of halogens is 4. The minimum absolute atomic E-state index is 0.0197. The highest BCUT2D eigenvalue weighted by molar-refractivity contribution is 9.10. The van der Waals surface area contributed by atoms with Crippen molar-refractivity contribution in [3.63, 3.8) is 0 Å². The predicted molar refractivity (Wildman–Crippen MR) is 73.4 cm³/mol. The van der Waals surface area contributed by atoms with E-state index in [9.17, 15) is 18.0 Å². The van der Waals surface area contributed by atoms with E-state index in [4.69, 9.17) is 0 Å². The summed E-state index contributed by atoms with van der Waals surface area (Å²) in [5.74, 6) is 0.311. The fourth-order valence-corrected chi connectivity index (χ4v) is 2.40. The van der Waals surface area contributed by atoms with Gasteiger partial charge in [-0.25, -0.2) is 0 Å². The predicted octanol–water partition coefficient (Wildman–Crippen LogP) is 4.39. The molecule has 1 amide bonds. The smallest absolute Gasteiger partial charge is 0.352 e.